The summed E-state index contributed by atoms with van der Waals surface area (Å²) in [4.78, 5) is 20.4. The van der Waals surface area contributed by atoms with Crippen LogP contribution in [0.15, 0.2) is 84.3 Å². The van der Waals surface area contributed by atoms with Crippen molar-refractivity contribution in [3.8, 4) is 22.3 Å². The van der Waals surface area contributed by atoms with Crippen LogP contribution in [-0.2, 0) is 25.0 Å². The maximum atomic E-state index is 14.0. The first-order valence-electron chi connectivity index (χ1n) is 15.3. The van der Waals surface area contributed by atoms with Gasteiger partial charge in [-0.05, 0) is 55.4 Å². The predicted octanol–water partition coefficient (Wildman–Crippen LogP) is 6.29. The molecule has 1 atom stereocenters. The Morgan fingerprint density at radius 3 is 2.36 bits per heavy atom. The second-order valence-corrected chi connectivity index (χ2v) is 13.9. The Morgan fingerprint density at radius 1 is 0.886 bits per heavy atom. The molecule has 10 heteroatoms. The third-order valence-corrected chi connectivity index (χ3v) is 11.3. The molecule has 1 unspecified atom stereocenters. The van der Waals surface area contributed by atoms with Crippen LogP contribution in [0.4, 0.5) is 5.69 Å². The van der Waals surface area contributed by atoms with Crippen molar-refractivity contribution >= 4 is 32.7 Å². The number of aromatic nitrogens is 4. The Hall–Kier alpha value is -4.28. The molecule has 8 rings (SSSR count). The number of likely N-dealkylation sites (N-methyl/N-ethyl adjacent to an activating group) is 1. The molecule has 1 saturated carbocycles. The minimum absolute atomic E-state index is 0.0344. The van der Waals surface area contributed by atoms with Gasteiger partial charge in [-0.3, -0.25) is 4.79 Å². The molecule has 0 radical (unpaired) electrons. The average molecular weight is 608 g/mol. The van der Waals surface area contributed by atoms with E-state index in [9.17, 15) is 13.2 Å². The normalized spacial score (nSPS) is 19.7. The number of carbonyl (C=O) groups excluding carboxylic acids is 1. The molecular weight excluding hydrogens is 574 g/mol. The van der Waals surface area contributed by atoms with Gasteiger partial charge in [-0.15, -0.1) is 0 Å². The number of nitrogens with zero attached hydrogens (tertiary/aromatic N) is 5. The first-order valence-corrected chi connectivity index (χ1v) is 16.7. The Bertz CT molecular complexity index is 2000. The molecule has 1 saturated heterocycles. The number of hydrogen-bond donors (Lipinski definition) is 0. The van der Waals surface area contributed by atoms with Crippen LogP contribution < -0.4 is 4.90 Å². The average Bonchev–Trinajstić information content (AvgIpc) is 3.87. The summed E-state index contributed by atoms with van der Waals surface area (Å²) in [5, 5.41) is 5.30. The van der Waals surface area contributed by atoms with Gasteiger partial charge in [-0.25, -0.2) is 22.1 Å². The van der Waals surface area contributed by atoms with E-state index in [0.29, 0.717) is 5.65 Å². The second-order valence-electron chi connectivity index (χ2n) is 12.1. The van der Waals surface area contributed by atoms with Gasteiger partial charge in [0.25, 0.3) is 10.0 Å². The molecule has 9 nitrogen and oxygen atoms in total. The Balaban J connectivity index is 1.29. The van der Waals surface area contributed by atoms with Gasteiger partial charge in [0.1, 0.15) is 6.23 Å². The van der Waals surface area contributed by atoms with Crippen LogP contribution in [0.1, 0.15) is 56.7 Å². The summed E-state index contributed by atoms with van der Waals surface area (Å²) in [6.07, 6.45) is 13.7. The molecule has 5 aromatic rings. The van der Waals surface area contributed by atoms with Crippen LogP contribution in [0.5, 0.6) is 0 Å². The number of amides is 1. The van der Waals surface area contributed by atoms with E-state index >= 15 is 0 Å². The van der Waals surface area contributed by atoms with Crippen molar-refractivity contribution in [2.75, 3.05) is 18.6 Å². The van der Waals surface area contributed by atoms with E-state index in [0.717, 1.165) is 90.4 Å². The predicted molar refractivity (Wildman–Crippen MR) is 168 cm³/mol. The number of rotatable bonds is 5. The molecule has 5 heterocycles. The third kappa shape index (κ3) is 4.00. The van der Waals surface area contributed by atoms with Crippen molar-refractivity contribution in [2.24, 2.45) is 0 Å². The molecule has 1 spiro atoms. The summed E-state index contributed by atoms with van der Waals surface area (Å²) in [6, 6.07) is 16.5. The van der Waals surface area contributed by atoms with E-state index < -0.39 is 15.4 Å². The topological polar surface area (TPSA) is 99.3 Å². The SMILES string of the molecule is CN1C(=O)C2(CCCC2)c2c1cnc1c2c(-c2ccc(-c3cnn(C4CCCCO4)c3)cc2)cn1S(=O)(=O)c1ccccc1. The van der Waals surface area contributed by atoms with Gasteiger partial charge < -0.3 is 9.64 Å². The van der Waals surface area contributed by atoms with Crippen molar-refractivity contribution in [1.29, 1.82) is 0 Å². The maximum Gasteiger partial charge on any atom is 0.269 e. The fraction of sp³-hybridized carbons (Fsp3) is 0.324. The van der Waals surface area contributed by atoms with Crippen molar-refractivity contribution in [3.63, 3.8) is 0 Å². The summed E-state index contributed by atoms with van der Waals surface area (Å²) in [5.74, 6) is 0.0678. The first-order chi connectivity index (χ1) is 21.4. The van der Waals surface area contributed by atoms with Crippen molar-refractivity contribution in [1.82, 2.24) is 18.7 Å². The lowest BCUT2D eigenvalue weighted by Gasteiger charge is -2.22. The lowest BCUT2D eigenvalue weighted by atomic mass is 9.78. The lowest BCUT2D eigenvalue weighted by molar-refractivity contribution is -0.122. The highest BCUT2D eigenvalue weighted by atomic mass is 32.2. The molecular formula is C34H33N5O4S. The molecule has 3 aromatic heterocycles. The standard InChI is InChI=1S/C34H33N5O4S/c1-37-28-20-35-32-30(31(28)34(33(37)40)16-6-7-17-34)27(22-39(32)44(41,42)26-9-3-2-4-10-26)24-14-12-23(13-15-24)25-19-36-38(21-25)29-11-5-8-18-43-29/h2-4,9-10,12-15,19-22,29H,5-8,11,16-18H2,1H3. The Morgan fingerprint density at radius 2 is 1.64 bits per heavy atom. The zero-order chi connectivity index (χ0) is 30.1. The van der Waals surface area contributed by atoms with Gasteiger partial charge in [0, 0.05) is 48.1 Å². The van der Waals surface area contributed by atoms with Gasteiger partial charge in [0.15, 0.2) is 5.65 Å². The van der Waals surface area contributed by atoms with Gasteiger partial charge in [-0.1, -0.05) is 55.3 Å². The zero-order valence-corrected chi connectivity index (χ0v) is 25.3. The fourth-order valence-corrected chi connectivity index (χ4v) is 8.74. The number of benzene rings is 2. The summed E-state index contributed by atoms with van der Waals surface area (Å²) in [5.41, 5.74) is 4.93. The molecule has 44 heavy (non-hydrogen) atoms. The fourth-order valence-electron chi connectivity index (χ4n) is 7.40. The third-order valence-electron chi connectivity index (χ3n) is 9.66. The first kappa shape index (κ1) is 27.3. The number of hydrogen-bond acceptors (Lipinski definition) is 6. The highest BCUT2D eigenvalue weighted by Gasteiger charge is 2.53. The van der Waals surface area contributed by atoms with Crippen LogP contribution in [-0.4, -0.2) is 46.7 Å². The van der Waals surface area contributed by atoms with E-state index in [1.807, 2.05) is 41.3 Å². The lowest BCUT2D eigenvalue weighted by Crippen LogP contribution is -2.36. The van der Waals surface area contributed by atoms with E-state index in [4.69, 9.17) is 9.72 Å². The van der Waals surface area contributed by atoms with Gasteiger partial charge in [0.2, 0.25) is 5.91 Å². The smallest absolute Gasteiger partial charge is 0.269 e. The van der Waals surface area contributed by atoms with Crippen LogP contribution in [0.25, 0.3) is 33.3 Å². The number of ether oxygens (including phenoxy) is 1. The molecule has 0 bridgehead atoms. The number of anilines is 1. The van der Waals surface area contributed by atoms with Gasteiger partial charge >= 0.3 is 0 Å². The second kappa shape index (κ2) is 10.1. The molecule has 1 amide bonds. The minimum Gasteiger partial charge on any atom is -0.357 e. The number of fused-ring (bicyclic) bond motifs is 4. The summed E-state index contributed by atoms with van der Waals surface area (Å²) >= 11 is 0. The summed E-state index contributed by atoms with van der Waals surface area (Å²) in [6.45, 7) is 0.753. The van der Waals surface area contributed by atoms with Crippen LogP contribution >= 0.6 is 0 Å². The van der Waals surface area contributed by atoms with Crippen LogP contribution in [0.3, 0.4) is 0 Å². The number of carbonyl (C=O) groups is 1. The minimum atomic E-state index is -3.96. The zero-order valence-electron chi connectivity index (χ0n) is 24.5. The number of pyridine rings is 1. The molecule has 3 aliphatic rings. The molecule has 224 valence electrons. The highest BCUT2D eigenvalue weighted by molar-refractivity contribution is 7.90. The molecule has 2 aliphatic heterocycles. The van der Waals surface area contributed by atoms with Crippen molar-refractivity contribution < 1.29 is 17.9 Å². The highest BCUT2D eigenvalue weighted by Crippen LogP contribution is 2.54. The van der Waals surface area contributed by atoms with Crippen molar-refractivity contribution in [2.45, 2.75) is 61.5 Å². The van der Waals surface area contributed by atoms with E-state index in [1.165, 1.54) is 3.97 Å². The quantitative estimate of drug-likeness (QED) is 0.233. The summed E-state index contributed by atoms with van der Waals surface area (Å²) in [7, 11) is -2.16. The van der Waals surface area contributed by atoms with Crippen molar-refractivity contribution in [3.05, 3.63) is 84.9 Å². The Labute approximate surface area is 256 Å². The molecule has 2 fully saturated rings. The molecule has 2 aromatic carbocycles. The molecule has 1 aliphatic carbocycles. The van der Waals surface area contributed by atoms with Gasteiger partial charge in [-0.2, -0.15) is 5.10 Å². The molecule has 0 N–H and O–H groups in total. The summed E-state index contributed by atoms with van der Waals surface area (Å²) < 4.78 is 37.2. The van der Waals surface area contributed by atoms with Crippen LogP contribution in [0, 0.1) is 0 Å². The van der Waals surface area contributed by atoms with E-state index in [1.54, 1.807) is 54.7 Å². The maximum absolute atomic E-state index is 14.0. The van der Waals surface area contributed by atoms with E-state index in [2.05, 4.69) is 5.10 Å². The van der Waals surface area contributed by atoms with E-state index in [-0.39, 0.29) is 17.0 Å². The monoisotopic (exact) mass is 607 g/mol. The van der Waals surface area contributed by atoms with Gasteiger partial charge in [0.05, 0.1) is 28.4 Å². The van der Waals surface area contributed by atoms with Crippen LogP contribution in [0.2, 0.25) is 0 Å². The largest absolute Gasteiger partial charge is 0.357 e. The Kier molecular flexibility index (Phi) is 6.29.